The second-order valence-corrected chi connectivity index (χ2v) is 6.27. The number of hydrogen-bond acceptors (Lipinski definition) is 4. The van der Waals surface area contributed by atoms with E-state index < -0.39 is 0 Å². The van der Waals surface area contributed by atoms with E-state index in [0.717, 1.165) is 37.9 Å². The van der Waals surface area contributed by atoms with Gasteiger partial charge in [0.1, 0.15) is 11.5 Å². The van der Waals surface area contributed by atoms with Crippen molar-refractivity contribution in [3.8, 4) is 5.95 Å². The third kappa shape index (κ3) is 6.59. The van der Waals surface area contributed by atoms with E-state index in [1.807, 2.05) is 6.92 Å². The van der Waals surface area contributed by atoms with Gasteiger partial charge in [-0.2, -0.15) is 0 Å². The van der Waals surface area contributed by atoms with Gasteiger partial charge in [0, 0.05) is 18.4 Å². The van der Waals surface area contributed by atoms with Gasteiger partial charge in [-0.1, -0.05) is 32.1 Å². The maximum atomic E-state index is 12.1. The predicted octanol–water partition coefficient (Wildman–Crippen LogP) is 4.52. The zero-order valence-electron chi connectivity index (χ0n) is 15.0. The molecule has 0 saturated heterocycles. The zero-order chi connectivity index (χ0) is 17.2. The summed E-state index contributed by atoms with van der Waals surface area (Å²) in [5, 5.41) is 0. The summed E-state index contributed by atoms with van der Waals surface area (Å²) in [5.74, 6) is 1.37. The molecule has 1 aromatic heterocycles. The summed E-state index contributed by atoms with van der Waals surface area (Å²) in [4.78, 5) is 22.9. The first-order chi connectivity index (χ1) is 11.0. The van der Waals surface area contributed by atoms with E-state index in [-0.39, 0.29) is 11.2 Å². The minimum absolute atomic E-state index is 0.0218. The molecule has 1 rings (SSSR count). The van der Waals surface area contributed by atoms with Gasteiger partial charge in [0.2, 0.25) is 0 Å². The van der Waals surface area contributed by atoms with Gasteiger partial charge in [-0.15, -0.1) is 0 Å². The number of unbranched alkanes of at least 4 members (excludes halogenated alkanes) is 6. The molecule has 0 aromatic carbocycles. The number of Topliss-reactive ketones (excluding diaryl/α,β-unsaturated/α-hetero) is 1. The Morgan fingerprint density at radius 2 is 1.52 bits per heavy atom. The lowest BCUT2D eigenvalue weighted by molar-refractivity contribution is -0.117. The Morgan fingerprint density at radius 1 is 0.957 bits per heavy atom. The van der Waals surface area contributed by atoms with Crippen LogP contribution in [0, 0.1) is 13.8 Å². The Kier molecular flexibility index (Phi) is 8.67. The van der Waals surface area contributed by atoms with E-state index in [1.165, 1.54) is 26.4 Å². The van der Waals surface area contributed by atoms with Crippen molar-refractivity contribution in [2.75, 3.05) is 7.11 Å². The summed E-state index contributed by atoms with van der Waals surface area (Å²) >= 11 is 0. The van der Waals surface area contributed by atoms with E-state index >= 15 is 0 Å². The molecule has 0 spiro atoms. The Labute approximate surface area is 139 Å². The van der Waals surface area contributed by atoms with Crippen LogP contribution in [0.4, 0.5) is 0 Å². The maximum absolute atomic E-state index is 12.1. The first-order valence-corrected chi connectivity index (χ1v) is 8.64. The minimum Gasteiger partial charge on any atom is -0.468 e. The maximum Gasteiger partial charge on any atom is 0.291 e. The number of methoxy groups -OCH3 is 1. The molecular weight excluding hydrogens is 292 g/mol. The number of carbonyl (C=O) groups excluding carboxylic acids is 1. The van der Waals surface area contributed by atoms with Crippen molar-refractivity contribution in [3.05, 3.63) is 27.1 Å². The first kappa shape index (κ1) is 19.5. The molecule has 0 aliphatic carbocycles. The van der Waals surface area contributed by atoms with Crippen molar-refractivity contribution < 1.29 is 13.9 Å². The van der Waals surface area contributed by atoms with Crippen LogP contribution in [-0.4, -0.2) is 12.9 Å². The van der Waals surface area contributed by atoms with Gasteiger partial charge in [0.05, 0.1) is 12.7 Å². The molecule has 130 valence electrons. The van der Waals surface area contributed by atoms with Crippen LogP contribution in [0.5, 0.6) is 5.95 Å². The van der Waals surface area contributed by atoms with Crippen molar-refractivity contribution in [1.29, 1.82) is 0 Å². The van der Waals surface area contributed by atoms with E-state index in [4.69, 9.17) is 9.15 Å². The first-order valence-electron chi connectivity index (χ1n) is 8.64. The molecule has 0 bridgehead atoms. The second kappa shape index (κ2) is 10.2. The van der Waals surface area contributed by atoms with Crippen molar-refractivity contribution >= 4 is 5.78 Å². The Hall–Kier alpha value is -1.58. The largest absolute Gasteiger partial charge is 0.468 e. The van der Waals surface area contributed by atoms with Gasteiger partial charge in [0.25, 0.3) is 5.95 Å². The van der Waals surface area contributed by atoms with Crippen molar-refractivity contribution in [2.45, 2.75) is 78.6 Å². The van der Waals surface area contributed by atoms with Crippen molar-refractivity contribution in [3.63, 3.8) is 0 Å². The third-order valence-electron chi connectivity index (χ3n) is 4.24. The van der Waals surface area contributed by atoms with Crippen LogP contribution >= 0.6 is 0 Å². The zero-order valence-corrected chi connectivity index (χ0v) is 15.0. The number of rotatable bonds is 11. The summed E-state index contributed by atoms with van der Waals surface area (Å²) in [6.45, 7) is 5.20. The van der Waals surface area contributed by atoms with Crippen molar-refractivity contribution in [2.24, 2.45) is 0 Å². The number of ketones is 1. The summed E-state index contributed by atoms with van der Waals surface area (Å²) in [6.07, 6.45) is 9.39. The SMILES string of the molecule is COc1oc(CCCCCCCCCC(C)=O)c(C)c(=O)c1C. The lowest BCUT2D eigenvalue weighted by Gasteiger charge is -2.09. The highest BCUT2D eigenvalue weighted by Gasteiger charge is 2.13. The van der Waals surface area contributed by atoms with Gasteiger partial charge in [0.15, 0.2) is 5.43 Å². The minimum atomic E-state index is 0.0218. The standard InChI is InChI=1S/C19H30O4/c1-14(20)12-10-8-6-5-7-9-11-13-17-15(2)18(21)16(3)19(22-4)23-17/h5-13H2,1-4H3. The van der Waals surface area contributed by atoms with Crippen LogP contribution in [0.15, 0.2) is 9.21 Å². The summed E-state index contributed by atoms with van der Waals surface area (Å²) in [7, 11) is 1.52. The van der Waals surface area contributed by atoms with Crippen LogP contribution in [0.3, 0.4) is 0 Å². The van der Waals surface area contributed by atoms with E-state index in [0.29, 0.717) is 23.5 Å². The number of hydrogen-bond donors (Lipinski definition) is 0. The molecule has 0 atom stereocenters. The van der Waals surface area contributed by atoms with Crippen LogP contribution in [0.2, 0.25) is 0 Å². The van der Waals surface area contributed by atoms with E-state index in [1.54, 1.807) is 13.8 Å². The molecule has 0 radical (unpaired) electrons. The van der Waals surface area contributed by atoms with Gasteiger partial charge in [-0.05, 0) is 33.6 Å². The molecule has 4 nitrogen and oxygen atoms in total. The predicted molar refractivity (Wildman–Crippen MR) is 92.3 cm³/mol. The molecule has 0 aliphatic heterocycles. The van der Waals surface area contributed by atoms with Gasteiger partial charge < -0.3 is 13.9 Å². The lowest BCUT2D eigenvalue weighted by atomic mass is 10.0. The normalized spacial score (nSPS) is 10.8. The molecule has 0 aliphatic rings. The molecule has 0 saturated carbocycles. The Morgan fingerprint density at radius 3 is 2.09 bits per heavy atom. The van der Waals surface area contributed by atoms with Gasteiger partial charge in [-0.25, -0.2) is 0 Å². The fourth-order valence-electron chi connectivity index (χ4n) is 2.74. The number of ether oxygens (including phenoxy) is 1. The molecule has 0 N–H and O–H groups in total. The summed E-state index contributed by atoms with van der Waals surface area (Å²) < 4.78 is 10.8. The molecule has 1 aromatic rings. The van der Waals surface area contributed by atoms with Crippen LogP contribution in [0.25, 0.3) is 0 Å². The summed E-state index contributed by atoms with van der Waals surface area (Å²) in [6, 6.07) is 0. The van der Waals surface area contributed by atoms with Crippen LogP contribution in [-0.2, 0) is 11.2 Å². The Balaban J connectivity index is 2.27. The highest BCUT2D eigenvalue weighted by Crippen LogP contribution is 2.20. The molecule has 0 amide bonds. The fourth-order valence-corrected chi connectivity index (χ4v) is 2.74. The molecular formula is C19H30O4. The van der Waals surface area contributed by atoms with E-state index in [2.05, 4.69) is 0 Å². The monoisotopic (exact) mass is 322 g/mol. The molecule has 23 heavy (non-hydrogen) atoms. The highest BCUT2D eigenvalue weighted by atomic mass is 16.6. The Bertz CT molecular complexity index is 557. The molecule has 0 unspecified atom stereocenters. The second-order valence-electron chi connectivity index (χ2n) is 6.27. The lowest BCUT2D eigenvalue weighted by Crippen LogP contribution is -2.13. The van der Waals surface area contributed by atoms with E-state index in [9.17, 15) is 9.59 Å². The van der Waals surface area contributed by atoms with Crippen LogP contribution in [0.1, 0.15) is 75.2 Å². The fraction of sp³-hybridized carbons (Fsp3) is 0.684. The third-order valence-corrected chi connectivity index (χ3v) is 4.24. The number of carbonyl (C=O) groups is 1. The average molecular weight is 322 g/mol. The summed E-state index contributed by atoms with van der Waals surface area (Å²) in [5.41, 5.74) is 1.26. The van der Waals surface area contributed by atoms with Crippen molar-refractivity contribution in [1.82, 2.24) is 0 Å². The number of aryl methyl sites for hydroxylation is 1. The molecule has 0 fully saturated rings. The van der Waals surface area contributed by atoms with Gasteiger partial charge >= 0.3 is 0 Å². The molecule has 1 heterocycles. The molecule has 4 heteroatoms. The van der Waals surface area contributed by atoms with Gasteiger partial charge in [-0.3, -0.25) is 4.79 Å². The average Bonchev–Trinajstić information content (AvgIpc) is 2.52. The highest BCUT2D eigenvalue weighted by molar-refractivity contribution is 5.75. The quantitative estimate of drug-likeness (QED) is 0.562. The van der Waals surface area contributed by atoms with Crippen LogP contribution < -0.4 is 10.2 Å². The topological polar surface area (TPSA) is 56.5 Å². The smallest absolute Gasteiger partial charge is 0.291 e.